The van der Waals surface area contributed by atoms with E-state index in [2.05, 4.69) is 19.7 Å². The van der Waals surface area contributed by atoms with Crippen molar-refractivity contribution < 1.29 is 42.5 Å². The number of carbonyl (C=O) groups is 2. The zero-order valence-corrected chi connectivity index (χ0v) is 23.9. The van der Waals surface area contributed by atoms with Crippen LogP contribution in [0.1, 0.15) is 12.5 Å². The predicted octanol–water partition coefficient (Wildman–Crippen LogP) is 3.74. The van der Waals surface area contributed by atoms with E-state index in [1.807, 2.05) is 10.6 Å². The second kappa shape index (κ2) is 13.9. The van der Waals surface area contributed by atoms with Gasteiger partial charge in [-0.15, -0.1) is 0 Å². The van der Waals surface area contributed by atoms with Gasteiger partial charge in [-0.25, -0.2) is 24.5 Å². The van der Waals surface area contributed by atoms with Crippen molar-refractivity contribution in [3.05, 3.63) is 53.1 Å². The number of allylic oxidation sites excluding steroid dienone is 1. The summed E-state index contributed by atoms with van der Waals surface area (Å²) in [7, 11) is -0.300. The fourth-order valence-electron chi connectivity index (χ4n) is 3.59. The number of anilines is 1. The van der Waals surface area contributed by atoms with Gasteiger partial charge in [-0.05, 0) is 18.2 Å². The van der Waals surface area contributed by atoms with Crippen LogP contribution in [0.3, 0.4) is 0 Å². The van der Waals surface area contributed by atoms with E-state index in [1.165, 1.54) is 39.8 Å². The number of imidazole rings is 1. The molecule has 3 N–H and O–H groups in total. The summed E-state index contributed by atoms with van der Waals surface area (Å²) >= 11 is 11.3. The molecule has 17 heteroatoms. The van der Waals surface area contributed by atoms with Gasteiger partial charge in [-0.2, -0.15) is 0 Å². The minimum absolute atomic E-state index is 0.142. The van der Waals surface area contributed by atoms with E-state index in [-0.39, 0.29) is 6.04 Å². The van der Waals surface area contributed by atoms with Crippen LogP contribution >= 0.6 is 30.8 Å². The summed E-state index contributed by atoms with van der Waals surface area (Å²) in [6.45, 7) is -0.415. The zero-order chi connectivity index (χ0) is 29.4. The van der Waals surface area contributed by atoms with E-state index in [4.69, 9.17) is 52.6 Å². The average molecular weight is 618 g/mol. The highest BCUT2D eigenvalue weighted by atomic mass is 35.5. The fourth-order valence-corrected chi connectivity index (χ4v) is 5.25. The number of hydrogen-bond donors (Lipinski definition) is 2. The molecule has 3 atom stereocenters. The third-order valence-electron chi connectivity index (χ3n) is 5.51. The molecule has 2 aromatic heterocycles. The highest BCUT2D eigenvalue weighted by Crippen LogP contribution is 2.53. The fraction of sp³-hybridized carbons (Fsp3) is 0.348. The molecule has 0 radical (unpaired) electrons. The Labute approximate surface area is 238 Å². The molecule has 0 aliphatic heterocycles. The molecule has 2 heterocycles. The molecule has 216 valence electrons. The Kier molecular flexibility index (Phi) is 10.9. The van der Waals surface area contributed by atoms with Crippen molar-refractivity contribution in [2.75, 3.05) is 33.7 Å². The highest BCUT2D eigenvalue weighted by Gasteiger charge is 2.44. The minimum atomic E-state index is -3.83. The molecule has 40 heavy (non-hydrogen) atoms. The molecular weight excluding hydrogens is 592 g/mol. The number of ether oxygens (including phenoxy) is 3. The summed E-state index contributed by atoms with van der Waals surface area (Å²) in [4.78, 5) is 34.6. The van der Waals surface area contributed by atoms with Gasteiger partial charge in [0.25, 0.3) is 5.85 Å². The van der Waals surface area contributed by atoms with E-state index in [0.717, 1.165) is 0 Å². The lowest BCUT2D eigenvalue weighted by Crippen LogP contribution is -2.30. The number of hydrogen-bond acceptors (Lipinski definition) is 12. The first kappa shape index (κ1) is 31.3. The highest BCUT2D eigenvalue weighted by molar-refractivity contribution is 7.55. The van der Waals surface area contributed by atoms with Crippen molar-refractivity contribution in [1.29, 1.82) is 0 Å². The van der Waals surface area contributed by atoms with Gasteiger partial charge in [-0.1, -0.05) is 35.4 Å². The van der Waals surface area contributed by atoms with Crippen molar-refractivity contribution >= 4 is 59.7 Å². The van der Waals surface area contributed by atoms with E-state index in [9.17, 15) is 14.2 Å². The van der Waals surface area contributed by atoms with Crippen LogP contribution in [0, 0.1) is 0 Å². The van der Waals surface area contributed by atoms with Crippen molar-refractivity contribution in [3.63, 3.8) is 0 Å². The Bertz CT molecular complexity index is 1430. The number of halogens is 2. The average Bonchev–Trinajstić information content (AvgIpc) is 3.58. The van der Waals surface area contributed by atoms with Crippen molar-refractivity contribution in [1.82, 2.24) is 19.5 Å². The molecule has 0 fully saturated rings. The van der Waals surface area contributed by atoms with Gasteiger partial charge in [0.2, 0.25) is 0 Å². The summed E-state index contributed by atoms with van der Waals surface area (Å²) < 4.78 is 39.5. The summed E-state index contributed by atoms with van der Waals surface area (Å²) in [5.41, 5.74) is 6.90. The third-order valence-corrected chi connectivity index (χ3v) is 7.97. The molecule has 0 amide bonds. The Morgan fingerprint density at radius 3 is 2.52 bits per heavy atom. The maximum Gasteiger partial charge on any atom is 0.370 e. The molecule has 0 bridgehead atoms. The Morgan fingerprint density at radius 2 is 1.90 bits per heavy atom. The number of nitrogen functional groups attached to an aromatic ring is 1. The monoisotopic (exact) mass is 617 g/mol. The van der Waals surface area contributed by atoms with Crippen LogP contribution in [0.25, 0.3) is 11.2 Å². The summed E-state index contributed by atoms with van der Waals surface area (Å²) in [5.74, 6) is -2.78. The van der Waals surface area contributed by atoms with Gasteiger partial charge < -0.3 is 38.7 Å². The van der Waals surface area contributed by atoms with Gasteiger partial charge in [0.15, 0.2) is 18.1 Å². The van der Waals surface area contributed by atoms with Crippen LogP contribution in [-0.2, 0) is 32.7 Å². The Hall–Kier alpha value is -3.26. The number of carboxylic acid groups (broad SMARTS) is 1. The van der Waals surface area contributed by atoms with Crippen molar-refractivity contribution in [2.24, 2.45) is 0 Å². The van der Waals surface area contributed by atoms with E-state index in [0.29, 0.717) is 39.2 Å². The minimum Gasteiger partial charge on any atom is -0.480 e. The number of aliphatic carboxylic acids is 1. The van der Waals surface area contributed by atoms with Crippen molar-refractivity contribution in [2.45, 2.75) is 24.4 Å². The first-order valence-corrected chi connectivity index (χ1v) is 13.7. The number of fused-ring (bicyclic) bond motifs is 1. The molecule has 0 saturated carbocycles. The van der Waals surface area contributed by atoms with Gasteiger partial charge in [-0.3, -0.25) is 4.57 Å². The van der Waals surface area contributed by atoms with E-state index < -0.39 is 38.1 Å². The molecule has 4 rings (SSSR count). The second-order valence-corrected chi connectivity index (χ2v) is 11.1. The molecule has 1 aliphatic rings. The van der Waals surface area contributed by atoms with Crippen LogP contribution in [0.2, 0.25) is 10.0 Å². The standard InChI is InChI=1S/C15H20N5O6P.C8H6Cl2O3/c1-23-14(21)15(27(22,24-2)25-3)26-10-5-4-9(6-10)20-8-19-11-12(16)17-7-18-13(11)20;9-5-1-2-7(6(10)3-5)13-4-8(11)12/h4-5,7-10,15H,6H2,1-3H3,(H2,16,17,18);1-3H,4H2,(H,11,12)/t9-,10+,15?;/m0./s1. The lowest BCUT2D eigenvalue weighted by Gasteiger charge is -2.25. The van der Waals surface area contributed by atoms with Crippen LogP contribution in [0.4, 0.5) is 5.82 Å². The largest absolute Gasteiger partial charge is 0.480 e. The van der Waals surface area contributed by atoms with E-state index in [1.54, 1.807) is 18.5 Å². The van der Waals surface area contributed by atoms with Gasteiger partial charge in [0.1, 0.15) is 17.6 Å². The molecule has 1 aliphatic carbocycles. The molecule has 0 saturated heterocycles. The third kappa shape index (κ3) is 7.47. The van der Waals surface area contributed by atoms with Gasteiger partial charge in [0, 0.05) is 25.7 Å². The SMILES string of the molecule is COC(=O)C(O[C@@H]1C=C[C@H](n2cnc3c(N)ncnc32)C1)P(=O)(OC)OC.O=C(O)COc1ccc(Cl)cc1Cl. The topological polar surface area (TPSA) is 187 Å². The number of aromatic nitrogens is 4. The summed E-state index contributed by atoms with van der Waals surface area (Å²) in [5, 5.41) is 9.11. The van der Waals surface area contributed by atoms with Crippen LogP contribution in [0.15, 0.2) is 43.0 Å². The first-order chi connectivity index (χ1) is 19.0. The number of benzene rings is 1. The number of carboxylic acids is 1. The van der Waals surface area contributed by atoms with Gasteiger partial charge in [0.05, 0.1) is 30.6 Å². The number of methoxy groups -OCH3 is 1. The lowest BCUT2D eigenvalue weighted by atomic mass is 10.2. The van der Waals surface area contributed by atoms with Crippen LogP contribution in [0.5, 0.6) is 5.75 Å². The zero-order valence-electron chi connectivity index (χ0n) is 21.5. The number of esters is 1. The predicted molar refractivity (Wildman–Crippen MR) is 144 cm³/mol. The number of carbonyl (C=O) groups excluding carboxylic acids is 1. The number of nitrogens with two attached hydrogens (primary N) is 1. The molecule has 1 aromatic carbocycles. The molecular formula is C23H26Cl2N5O9P. The Balaban J connectivity index is 0.000000285. The Morgan fingerprint density at radius 1 is 1.18 bits per heavy atom. The first-order valence-electron chi connectivity index (χ1n) is 11.4. The summed E-state index contributed by atoms with van der Waals surface area (Å²) in [6, 6.07) is 4.44. The van der Waals surface area contributed by atoms with Crippen LogP contribution < -0.4 is 10.5 Å². The maximum atomic E-state index is 12.6. The molecule has 14 nitrogen and oxygen atoms in total. The molecule has 1 unspecified atom stereocenters. The van der Waals surface area contributed by atoms with E-state index >= 15 is 0 Å². The maximum absolute atomic E-state index is 12.6. The lowest BCUT2D eigenvalue weighted by molar-refractivity contribution is -0.151. The molecule has 0 spiro atoms. The normalized spacial score (nSPS) is 17.2. The second-order valence-electron chi connectivity index (χ2n) is 7.98. The number of rotatable bonds is 10. The van der Waals surface area contributed by atoms with Gasteiger partial charge >= 0.3 is 19.5 Å². The molecule has 3 aromatic rings. The van der Waals surface area contributed by atoms with Crippen molar-refractivity contribution in [3.8, 4) is 5.75 Å². The quantitative estimate of drug-likeness (QED) is 0.190. The van der Waals surface area contributed by atoms with Crippen LogP contribution in [-0.4, -0.2) is 76.4 Å². The summed E-state index contributed by atoms with van der Waals surface area (Å²) in [6.07, 6.45) is 6.55. The smallest absolute Gasteiger partial charge is 0.370 e. The number of nitrogens with zero attached hydrogens (tertiary/aromatic N) is 4.